The van der Waals surface area contributed by atoms with Crippen LogP contribution < -0.4 is 5.56 Å². The molecule has 2 aliphatic heterocycles. The molecule has 2 saturated heterocycles. The molecule has 6 nitrogen and oxygen atoms in total. The number of halogens is 1. The number of rotatable bonds is 6. The molecule has 0 aliphatic carbocycles. The van der Waals surface area contributed by atoms with E-state index in [1.807, 2.05) is 35.2 Å². The summed E-state index contributed by atoms with van der Waals surface area (Å²) in [6, 6.07) is 14.9. The smallest absolute Gasteiger partial charge is 0.262 e. The molecule has 0 radical (unpaired) electrons. The van der Waals surface area contributed by atoms with Gasteiger partial charge in [0.1, 0.15) is 5.25 Å². The van der Waals surface area contributed by atoms with Crippen molar-refractivity contribution in [2.45, 2.75) is 48.7 Å². The number of benzene rings is 2. The van der Waals surface area contributed by atoms with Crippen molar-refractivity contribution in [1.29, 1.82) is 0 Å². The summed E-state index contributed by atoms with van der Waals surface area (Å²) < 4.78 is 7.51. The summed E-state index contributed by atoms with van der Waals surface area (Å²) in [6.07, 6.45) is 3.91. The minimum Gasteiger partial charge on any atom is -0.376 e. The first-order valence-electron chi connectivity index (χ1n) is 11.4. The van der Waals surface area contributed by atoms with Crippen LogP contribution in [0.1, 0.15) is 36.5 Å². The number of fused-ring (bicyclic) bond motifs is 1. The van der Waals surface area contributed by atoms with Crippen LogP contribution in [0.2, 0.25) is 5.02 Å². The van der Waals surface area contributed by atoms with Gasteiger partial charge in [-0.3, -0.25) is 14.2 Å². The van der Waals surface area contributed by atoms with Crippen LogP contribution in [0.15, 0.2) is 58.5 Å². The predicted octanol–water partition coefficient (Wildman–Crippen LogP) is 4.68. The highest BCUT2D eigenvalue weighted by Crippen LogP contribution is 2.37. The zero-order chi connectivity index (χ0) is 22.8. The molecular weight excluding hydrogens is 458 g/mol. The minimum atomic E-state index is -0.483. The van der Waals surface area contributed by atoms with Gasteiger partial charge in [0.25, 0.3) is 5.56 Å². The molecule has 2 aliphatic rings. The molecule has 1 amide bonds. The summed E-state index contributed by atoms with van der Waals surface area (Å²) in [4.78, 5) is 33.8. The van der Waals surface area contributed by atoms with Gasteiger partial charge in [-0.2, -0.15) is 0 Å². The van der Waals surface area contributed by atoms with Crippen LogP contribution in [-0.2, 0) is 16.1 Å². The molecule has 0 N–H and O–H groups in total. The number of hydrogen-bond donors (Lipinski definition) is 0. The van der Waals surface area contributed by atoms with Crippen LogP contribution in [0.3, 0.4) is 0 Å². The summed E-state index contributed by atoms with van der Waals surface area (Å²) in [7, 11) is 0. The van der Waals surface area contributed by atoms with Crippen molar-refractivity contribution in [3.05, 3.63) is 69.5 Å². The van der Waals surface area contributed by atoms with Crippen LogP contribution in [-0.4, -0.2) is 46.2 Å². The second kappa shape index (κ2) is 9.87. The molecule has 2 unspecified atom stereocenters. The SMILES string of the molecule is O=C(C(Sc1nc2cc(Cl)ccc2c(=O)n1CC1CCCO1)c1ccccc1)N1CCCC1. The van der Waals surface area contributed by atoms with E-state index in [9.17, 15) is 9.59 Å². The largest absolute Gasteiger partial charge is 0.376 e. The molecule has 1 aromatic heterocycles. The number of likely N-dealkylation sites (tertiary alicyclic amines) is 1. The Hall–Kier alpha value is -2.35. The van der Waals surface area contributed by atoms with Crippen LogP contribution in [0, 0.1) is 0 Å². The lowest BCUT2D eigenvalue weighted by Crippen LogP contribution is -2.33. The van der Waals surface area contributed by atoms with E-state index in [0.29, 0.717) is 34.2 Å². The van der Waals surface area contributed by atoms with E-state index in [4.69, 9.17) is 21.3 Å². The summed E-state index contributed by atoms with van der Waals surface area (Å²) in [6.45, 7) is 2.67. The molecule has 8 heteroatoms. The molecule has 2 fully saturated rings. The second-order valence-electron chi connectivity index (χ2n) is 8.55. The first kappa shape index (κ1) is 22.4. The van der Waals surface area contributed by atoms with Crippen molar-refractivity contribution < 1.29 is 9.53 Å². The van der Waals surface area contributed by atoms with Gasteiger partial charge in [-0.05, 0) is 49.4 Å². The maximum atomic E-state index is 13.6. The Morgan fingerprint density at radius 1 is 1.15 bits per heavy atom. The zero-order valence-corrected chi connectivity index (χ0v) is 19.9. The van der Waals surface area contributed by atoms with E-state index >= 15 is 0 Å². The third kappa shape index (κ3) is 4.81. The van der Waals surface area contributed by atoms with E-state index in [2.05, 4.69) is 0 Å². The quantitative estimate of drug-likeness (QED) is 0.376. The Labute approximate surface area is 201 Å². The maximum absolute atomic E-state index is 13.6. The van der Waals surface area contributed by atoms with Gasteiger partial charge < -0.3 is 9.64 Å². The highest BCUT2D eigenvalue weighted by molar-refractivity contribution is 8.00. The van der Waals surface area contributed by atoms with Crippen molar-refractivity contribution in [2.75, 3.05) is 19.7 Å². The number of carbonyl (C=O) groups is 1. The molecule has 2 atom stereocenters. The predicted molar refractivity (Wildman–Crippen MR) is 131 cm³/mol. The lowest BCUT2D eigenvalue weighted by atomic mass is 10.1. The van der Waals surface area contributed by atoms with E-state index < -0.39 is 5.25 Å². The molecular formula is C25H26ClN3O3S. The molecule has 3 heterocycles. The van der Waals surface area contributed by atoms with E-state index in [-0.39, 0.29) is 17.6 Å². The molecule has 172 valence electrons. The van der Waals surface area contributed by atoms with Crippen LogP contribution in [0.5, 0.6) is 0 Å². The normalized spacial score (nSPS) is 19.3. The fraction of sp³-hybridized carbons (Fsp3) is 0.400. The molecule has 0 bridgehead atoms. The average molecular weight is 484 g/mol. The number of ether oxygens (including phenoxy) is 1. The van der Waals surface area contributed by atoms with Gasteiger partial charge in [0.05, 0.1) is 23.6 Å². The van der Waals surface area contributed by atoms with E-state index in [1.54, 1.807) is 22.8 Å². The van der Waals surface area contributed by atoms with E-state index in [0.717, 1.165) is 44.3 Å². The van der Waals surface area contributed by atoms with Crippen molar-refractivity contribution in [3.63, 3.8) is 0 Å². The lowest BCUT2D eigenvalue weighted by molar-refractivity contribution is -0.129. The Bertz CT molecular complexity index is 1200. The van der Waals surface area contributed by atoms with Gasteiger partial charge >= 0.3 is 0 Å². The number of hydrogen-bond acceptors (Lipinski definition) is 5. The third-order valence-corrected chi connectivity index (χ3v) is 7.73. The van der Waals surface area contributed by atoms with Crippen LogP contribution >= 0.6 is 23.4 Å². The molecule has 0 saturated carbocycles. The summed E-state index contributed by atoms with van der Waals surface area (Å²) in [5.74, 6) is 0.0628. The topological polar surface area (TPSA) is 64.4 Å². The monoisotopic (exact) mass is 483 g/mol. The fourth-order valence-electron chi connectivity index (χ4n) is 4.51. The first-order valence-corrected chi connectivity index (χ1v) is 12.7. The summed E-state index contributed by atoms with van der Waals surface area (Å²) >= 11 is 7.55. The number of aromatic nitrogens is 2. The van der Waals surface area contributed by atoms with Gasteiger partial charge in [0.2, 0.25) is 5.91 Å². The zero-order valence-electron chi connectivity index (χ0n) is 18.3. The maximum Gasteiger partial charge on any atom is 0.262 e. The Kier molecular flexibility index (Phi) is 6.71. The van der Waals surface area contributed by atoms with Gasteiger partial charge in [0.15, 0.2) is 5.16 Å². The Morgan fingerprint density at radius 3 is 2.67 bits per heavy atom. The lowest BCUT2D eigenvalue weighted by Gasteiger charge is -2.24. The summed E-state index contributed by atoms with van der Waals surface area (Å²) in [5, 5.41) is 1.08. The number of nitrogens with zero attached hydrogens (tertiary/aromatic N) is 3. The van der Waals surface area contributed by atoms with E-state index in [1.165, 1.54) is 11.8 Å². The number of thioether (sulfide) groups is 1. The molecule has 2 aromatic carbocycles. The first-order chi connectivity index (χ1) is 16.1. The van der Waals surface area contributed by atoms with Crippen LogP contribution in [0.4, 0.5) is 0 Å². The molecule has 33 heavy (non-hydrogen) atoms. The van der Waals surface area contributed by atoms with Gasteiger partial charge in [0, 0.05) is 24.7 Å². The second-order valence-corrected chi connectivity index (χ2v) is 10.1. The average Bonchev–Trinajstić information content (AvgIpc) is 3.54. The standard InChI is InChI=1S/C25H26ClN3O3S/c26-18-10-11-20-21(15-18)27-25(29(23(20)30)16-19-9-6-14-32-19)33-22(17-7-2-1-3-8-17)24(31)28-12-4-5-13-28/h1-3,7-8,10-11,15,19,22H,4-6,9,12-14,16H2. The Morgan fingerprint density at radius 2 is 1.94 bits per heavy atom. The van der Waals surface area contributed by atoms with Crippen molar-refractivity contribution in [3.8, 4) is 0 Å². The number of amides is 1. The van der Waals surface area contributed by atoms with Gasteiger partial charge in [-0.1, -0.05) is 53.7 Å². The number of carbonyl (C=O) groups excluding carboxylic acids is 1. The summed E-state index contributed by atoms with van der Waals surface area (Å²) in [5.41, 5.74) is 1.32. The van der Waals surface area contributed by atoms with Crippen molar-refractivity contribution >= 4 is 40.2 Å². The highest BCUT2D eigenvalue weighted by atomic mass is 35.5. The minimum absolute atomic E-state index is 0.0296. The van der Waals surface area contributed by atoms with Crippen LogP contribution in [0.25, 0.3) is 10.9 Å². The third-order valence-electron chi connectivity index (χ3n) is 6.26. The highest BCUT2D eigenvalue weighted by Gasteiger charge is 2.31. The van der Waals surface area contributed by atoms with Crippen molar-refractivity contribution in [2.24, 2.45) is 0 Å². The van der Waals surface area contributed by atoms with Gasteiger partial charge in [-0.15, -0.1) is 0 Å². The Balaban J connectivity index is 1.59. The van der Waals surface area contributed by atoms with Crippen molar-refractivity contribution in [1.82, 2.24) is 14.5 Å². The molecule has 0 spiro atoms. The fourth-order valence-corrected chi connectivity index (χ4v) is 5.87. The van der Waals surface area contributed by atoms with Gasteiger partial charge in [-0.25, -0.2) is 4.98 Å². The molecule has 3 aromatic rings. The molecule has 5 rings (SSSR count).